The maximum absolute atomic E-state index is 11.8. The minimum atomic E-state index is -0.644. The van der Waals surface area contributed by atoms with Gasteiger partial charge in [-0.25, -0.2) is 4.79 Å². The van der Waals surface area contributed by atoms with E-state index in [1.165, 1.54) is 0 Å². The van der Waals surface area contributed by atoms with Gasteiger partial charge in [-0.1, -0.05) is 6.07 Å². The molecule has 0 aromatic heterocycles. The van der Waals surface area contributed by atoms with E-state index >= 15 is 0 Å². The minimum absolute atomic E-state index is 0.145. The third-order valence-corrected chi connectivity index (χ3v) is 5.41. The molecule has 1 fully saturated rings. The van der Waals surface area contributed by atoms with E-state index in [-0.39, 0.29) is 12.6 Å². The molecule has 8 nitrogen and oxygen atoms in total. The fourth-order valence-electron chi connectivity index (χ4n) is 3.60. The normalized spacial score (nSPS) is 15.5. The molecule has 0 spiro atoms. The maximum Gasteiger partial charge on any atom is 0.338 e. The highest BCUT2D eigenvalue weighted by molar-refractivity contribution is 5.89. The van der Waals surface area contributed by atoms with Crippen LogP contribution < -0.4 is 26.4 Å². The standard InChI is InChI=1S/C23H32N4O4/c1-2-30-23(29)16-6-8-18(9-7-16)27-12-10-17(11-13-27)26-14-19(28)15-31-21-5-3-4-20(24)22(21)25/h3-9,17,19,26,28H,2,10-15,24-25H2,1H3/t19-/m0/s1. The number of carbonyl (C=O) groups excluding carboxylic acids is 1. The number of nitrogen functional groups attached to an aromatic ring is 2. The summed E-state index contributed by atoms with van der Waals surface area (Å²) in [7, 11) is 0. The molecule has 3 rings (SSSR count). The van der Waals surface area contributed by atoms with E-state index in [2.05, 4.69) is 10.2 Å². The topological polar surface area (TPSA) is 123 Å². The first-order chi connectivity index (χ1) is 15.0. The highest BCUT2D eigenvalue weighted by Crippen LogP contribution is 2.27. The number of aliphatic hydroxyl groups is 1. The second kappa shape index (κ2) is 10.9. The average molecular weight is 429 g/mol. The summed E-state index contributed by atoms with van der Waals surface area (Å²) in [6.45, 7) is 4.57. The minimum Gasteiger partial charge on any atom is -0.489 e. The van der Waals surface area contributed by atoms with Crippen LogP contribution in [0.5, 0.6) is 5.75 Å². The number of hydrogen-bond donors (Lipinski definition) is 4. The number of nitrogens with two attached hydrogens (primary N) is 2. The molecule has 8 heteroatoms. The average Bonchev–Trinajstić information content (AvgIpc) is 2.79. The van der Waals surface area contributed by atoms with Crippen molar-refractivity contribution in [3.8, 4) is 5.75 Å². The van der Waals surface area contributed by atoms with E-state index in [0.717, 1.165) is 31.6 Å². The van der Waals surface area contributed by atoms with E-state index in [9.17, 15) is 9.90 Å². The number of nitrogens with zero attached hydrogens (tertiary/aromatic N) is 1. The maximum atomic E-state index is 11.8. The lowest BCUT2D eigenvalue weighted by Crippen LogP contribution is -2.45. The predicted molar refractivity (Wildman–Crippen MR) is 122 cm³/mol. The molecule has 1 aliphatic rings. The molecule has 1 saturated heterocycles. The second-order valence-corrected chi connectivity index (χ2v) is 7.66. The van der Waals surface area contributed by atoms with Gasteiger partial charge in [0.1, 0.15) is 18.5 Å². The van der Waals surface area contributed by atoms with Gasteiger partial charge in [0.2, 0.25) is 0 Å². The van der Waals surface area contributed by atoms with E-state index in [1.54, 1.807) is 37.3 Å². The van der Waals surface area contributed by atoms with E-state index < -0.39 is 6.10 Å². The van der Waals surface area contributed by atoms with Crippen LogP contribution in [0.15, 0.2) is 42.5 Å². The number of piperidine rings is 1. The smallest absolute Gasteiger partial charge is 0.338 e. The van der Waals surface area contributed by atoms with Crippen molar-refractivity contribution in [1.29, 1.82) is 0 Å². The number of hydrogen-bond acceptors (Lipinski definition) is 8. The van der Waals surface area contributed by atoms with Crippen molar-refractivity contribution in [3.05, 3.63) is 48.0 Å². The largest absolute Gasteiger partial charge is 0.489 e. The van der Waals surface area contributed by atoms with Gasteiger partial charge in [0.15, 0.2) is 0 Å². The van der Waals surface area contributed by atoms with Crippen molar-refractivity contribution in [2.45, 2.75) is 31.9 Å². The Morgan fingerprint density at radius 3 is 2.58 bits per heavy atom. The number of rotatable bonds is 9. The van der Waals surface area contributed by atoms with Crippen LogP contribution in [0.2, 0.25) is 0 Å². The van der Waals surface area contributed by atoms with Crippen LogP contribution in [0.1, 0.15) is 30.1 Å². The SMILES string of the molecule is CCOC(=O)c1ccc(N2CCC(NC[C@H](O)COc3cccc(N)c3N)CC2)cc1. The predicted octanol–water partition coefficient (Wildman–Crippen LogP) is 2.03. The van der Waals surface area contributed by atoms with Crippen molar-refractivity contribution in [3.63, 3.8) is 0 Å². The number of nitrogens with one attached hydrogen (secondary N) is 1. The Morgan fingerprint density at radius 2 is 1.90 bits per heavy atom. The Hall–Kier alpha value is -2.97. The first-order valence-electron chi connectivity index (χ1n) is 10.7. The Balaban J connectivity index is 1.39. The summed E-state index contributed by atoms with van der Waals surface area (Å²) < 4.78 is 10.6. The lowest BCUT2D eigenvalue weighted by Gasteiger charge is -2.34. The summed E-state index contributed by atoms with van der Waals surface area (Å²) in [6, 6.07) is 13.1. The summed E-state index contributed by atoms with van der Waals surface area (Å²) in [4.78, 5) is 14.1. The van der Waals surface area contributed by atoms with Gasteiger partial charge in [0.25, 0.3) is 0 Å². The molecule has 168 valence electrons. The zero-order valence-electron chi connectivity index (χ0n) is 17.9. The number of para-hydroxylation sites is 1. The van der Waals surface area contributed by atoms with Gasteiger partial charge in [-0.15, -0.1) is 0 Å². The first-order valence-corrected chi connectivity index (χ1v) is 10.7. The molecule has 0 bridgehead atoms. The Labute approximate surface area is 183 Å². The van der Waals surface area contributed by atoms with E-state index in [1.807, 2.05) is 12.1 Å². The van der Waals surface area contributed by atoms with E-state index in [4.69, 9.17) is 20.9 Å². The number of carbonyl (C=O) groups is 1. The van der Waals surface area contributed by atoms with Crippen molar-refractivity contribution < 1.29 is 19.4 Å². The van der Waals surface area contributed by atoms with Gasteiger partial charge in [0, 0.05) is 31.4 Å². The molecule has 2 aromatic carbocycles. The monoisotopic (exact) mass is 428 g/mol. The Kier molecular flexibility index (Phi) is 7.97. The van der Waals surface area contributed by atoms with Crippen LogP contribution in [0.25, 0.3) is 0 Å². The number of aliphatic hydroxyl groups excluding tert-OH is 1. The van der Waals surface area contributed by atoms with Crippen LogP contribution >= 0.6 is 0 Å². The molecular formula is C23H32N4O4. The molecule has 0 aliphatic carbocycles. The molecular weight excluding hydrogens is 396 g/mol. The Morgan fingerprint density at radius 1 is 1.19 bits per heavy atom. The summed E-state index contributed by atoms with van der Waals surface area (Å²) in [5.41, 5.74) is 14.2. The van der Waals surface area contributed by atoms with Crippen LogP contribution in [0.4, 0.5) is 17.1 Å². The Bertz CT molecular complexity index is 851. The number of ether oxygens (including phenoxy) is 2. The van der Waals surface area contributed by atoms with Gasteiger partial charge in [-0.2, -0.15) is 0 Å². The lowest BCUT2D eigenvalue weighted by molar-refractivity contribution is 0.0526. The van der Waals surface area contributed by atoms with Crippen molar-refractivity contribution in [2.75, 3.05) is 49.2 Å². The molecule has 1 aliphatic heterocycles. The summed E-state index contributed by atoms with van der Waals surface area (Å²) in [6.07, 6.45) is 1.29. The molecule has 0 radical (unpaired) electrons. The third-order valence-electron chi connectivity index (χ3n) is 5.41. The van der Waals surface area contributed by atoms with Gasteiger partial charge >= 0.3 is 5.97 Å². The van der Waals surface area contributed by atoms with Crippen molar-refractivity contribution in [2.24, 2.45) is 0 Å². The van der Waals surface area contributed by atoms with Gasteiger partial charge in [-0.3, -0.25) is 0 Å². The van der Waals surface area contributed by atoms with Crippen LogP contribution in [0, 0.1) is 0 Å². The first kappa shape index (κ1) is 22.7. The van der Waals surface area contributed by atoms with Crippen LogP contribution in [-0.2, 0) is 4.74 Å². The highest BCUT2D eigenvalue weighted by Gasteiger charge is 2.20. The number of esters is 1. The summed E-state index contributed by atoms with van der Waals surface area (Å²) in [5, 5.41) is 13.7. The summed E-state index contributed by atoms with van der Waals surface area (Å²) >= 11 is 0. The van der Waals surface area contributed by atoms with E-state index in [0.29, 0.717) is 41.9 Å². The quantitative estimate of drug-likeness (QED) is 0.353. The molecule has 0 unspecified atom stereocenters. The molecule has 0 amide bonds. The molecule has 1 atom stereocenters. The van der Waals surface area contributed by atoms with Crippen molar-refractivity contribution >= 4 is 23.0 Å². The number of anilines is 3. The summed E-state index contributed by atoms with van der Waals surface area (Å²) in [5.74, 6) is 0.194. The molecule has 0 saturated carbocycles. The van der Waals surface area contributed by atoms with Gasteiger partial charge in [-0.05, 0) is 56.2 Å². The molecule has 1 heterocycles. The zero-order valence-corrected chi connectivity index (χ0v) is 17.9. The van der Waals surface area contributed by atoms with Crippen LogP contribution in [-0.4, -0.2) is 56.1 Å². The van der Waals surface area contributed by atoms with Gasteiger partial charge in [0.05, 0.1) is 23.5 Å². The number of benzene rings is 2. The second-order valence-electron chi connectivity index (χ2n) is 7.66. The molecule has 2 aromatic rings. The fourth-order valence-corrected chi connectivity index (χ4v) is 3.60. The third kappa shape index (κ3) is 6.26. The van der Waals surface area contributed by atoms with Gasteiger partial charge < -0.3 is 36.3 Å². The zero-order chi connectivity index (χ0) is 22.2. The van der Waals surface area contributed by atoms with Crippen LogP contribution in [0.3, 0.4) is 0 Å². The van der Waals surface area contributed by atoms with Crippen molar-refractivity contribution in [1.82, 2.24) is 5.32 Å². The highest BCUT2D eigenvalue weighted by atomic mass is 16.5. The fraction of sp³-hybridized carbons (Fsp3) is 0.435. The molecule has 6 N–H and O–H groups in total. The lowest BCUT2D eigenvalue weighted by atomic mass is 10.0. The molecule has 31 heavy (non-hydrogen) atoms.